The number of carbonyl (C=O) groups excluding carboxylic acids is 2. The number of nitrogens with one attached hydrogen (secondary N) is 1. The maximum Gasteiger partial charge on any atom is 0.239 e. The molecule has 0 saturated heterocycles. The van der Waals surface area contributed by atoms with E-state index in [4.69, 9.17) is 23.2 Å². The number of hydrogen-bond donors (Lipinski definition) is 1. The van der Waals surface area contributed by atoms with Crippen molar-refractivity contribution in [2.75, 3.05) is 11.2 Å². The summed E-state index contributed by atoms with van der Waals surface area (Å²) in [6.45, 7) is 0. The summed E-state index contributed by atoms with van der Waals surface area (Å²) in [4.78, 5) is 23.6. The smallest absolute Gasteiger partial charge is 0.239 e. The third-order valence-electron chi connectivity index (χ3n) is 2.44. The first-order valence-electron chi connectivity index (χ1n) is 5.47. The summed E-state index contributed by atoms with van der Waals surface area (Å²) in [5, 5.41) is 2.73. The third-order valence-corrected chi connectivity index (χ3v) is 3.86. The molecule has 0 aliphatic carbocycles. The highest BCUT2D eigenvalue weighted by molar-refractivity contribution is 7.20. The van der Waals surface area contributed by atoms with Gasteiger partial charge in [-0.3, -0.25) is 9.59 Å². The minimum atomic E-state index is -0.630. The van der Waals surface area contributed by atoms with Gasteiger partial charge in [-0.15, -0.1) is 22.9 Å². The van der Waals surface area contributed by atoms with Crippen molar-refractivity contribution in [3.63, 3.8) is 0 Å². The lowest BCUT2D eigenvalue weighted by atomic mass is 10.1. The number of benzene rings is 1. The maximum atomic E-state index is 13.6. The summed E-state index contributed by atoms with van der Waals surface area (Å²) in [7, 11) is 0. The highest BCUT2D eigenvalue weighted by Gasteiger charge is 2.20. The number of amides is 1. The molecule has 0 unspecified atom stereocenters. The van der Waals surface area contributed by atoms with Crippen LogP contribution in [0.1, 0.15) is 15.9 Å². The molecule has 2 aromatic rings. The monoisotopic (exact) mass is 331 g/mol. The van der Waals surface area contributed by atoms with Crippen LogP contribution in [0.2, 0.25) is 4.34 Å². The molecule has 104 valence electrons. The maximum absolute atomic E-state index is 13.6. The van der Waals surface area contributed by atoms with E-state index in [1.54, 1.807) is 6.07 Å². The van der Waals surface area contributed by atoms with Crippen LogP contribution in [0, 0.1) is 5.82 Å². The van der Waals surface area contributed by atoms with Crippen molar-refractivity contribution in [2.45, 2.75) is 0 Å². The summed E-state index contributed by atoms with van der Waals surface area (Å²) in [6, 6.07) is 7.00. The number of hydrogen-bond acceptors (Lipinski definition) is 3. The van der Waals surface area contributed by atoms with E-state index in [1.165, 1.54) is 24.3 Å². The lowest BCUT2D eigenvalue weighted by Crippen LogP contribution is -2.14. The Labute approximate surface area is 128 Å². The second-order valence-corrected chi connectivity index (χ2v) is 5.73. The van der Waals surface area contributed by atoms with E-state index in [-0.39, 0.29) is 22.0 Å². The van der Waals surface area contributed by atoms with Crippen LogP contribution in [-0.4, -0.2) is 17.6 Å². The standard InChI is InChI=1S/C13H8Cl2FNO2S/c14-6-11(18)17-13-8(5-10(15)20-13)12(19)7-3-1-2-4-9(7)16/h1-5H,6H2,(H,17,18). The largest absolute Gasteiger partial charge is 0.316 e. The Kier molecular flexibility index (Phi) is 4.75. The van der Waals surface area contributed by atoms with Gasteiger partial charge < -0.3 is 5.32 Å². The Morgan fingerprint density at radius 2 is 1.95 bits per heavy atom. The van der Waals surface area contributed by atoms with Gasteiger partial charge in [-0.25, -0.2) is 4.39 Å². The summed E-state index contributed by atoms with van der Waals surface area (Å²) in [5.41, 5.74) is 0.0619. The molecule has 1 aromatic heterocycles. The molecule has 1 heterocycles. The van der Waals surface area contributed by atoms with Crippen molar-refractivity contribution >= 4 is 51.2 Å². The van der Waals surface area contributed by atoms with Crippen molar-refractivity contribution < 1.29 is 14.0 Å². The van der Waals surface area contributed by atoms with Crippen LogP contribution in [-0.2, 0) is 4.79 Å². The zero-order valence-electron chi connectivity index (χ0n) is 9.95. The molecule has 1 N–H and O–H groups in total. The van der Waals surface area contributed by atoms with Crippen molar-refractivity contribution in [2.24, 2.45) is 0 Å². The number of thiophene rings is 1. The van der Waals surface area contributed by atoms with Crippen molar-refractivity contribution in [3.05, 3.63) is 51.6 Å². The molecule has 3 nitrogen and oxygen atoms in total. The normalized spacial score (nSPS) is 10.3. The quantitative estimate of drug-likeness (QED) is 0.681. The van der Waals surface area contributed by atoms with Gasteiger partial charge in [-0.2, -0.15) is 0 Å². The molecule has 1 aromatic carbocycles. The molecule has 2 rings (SSSR count). The van der Waals surface area contributed by atoms with Gasteiger partial charge in [0.05, 0.1) is 15.5 Å². The van der Waals surface area contributed by atoms with E-state index in [0.29, 0.717) is 4.34 Å². The lowest BCUT2D eigenvalue weighted by Gasteiger charge is -2.05. The molecule has 20 heavy (non-hydrogen) atoms. The lowest BCUT2D eigenvalue weighted by molar-refractivity contribution is -0.113. The van der Waals surface area contributed by atoms with Gasteiger partial charge >= 0.3 is 0 Å². The molecule has 0 atom stereocenters. The highest BCUT2D eigenvalue weighted by atomic mass is 35.5. The zero-order valence-corrected chi connectivity index (χ0v) is 12.3. The number of carbonyl (C=O) groups is 2. The van der Waals surface area contributed by atoms with Gasteiger partial charge in [0.25, 0.3) is 0 Å². The second-order valence-electron chi connectivity index (χ2n) is 3.78. The van der Waals surface area contributed by atoms with Gasteiger partial charge in [0, 0.05) is 0 Å². The zero-order chi connectivity index (χ0) is 14.7. The highest BCUT2D eigenvalue weighted by Crippen LogP contribution is 2.33. The SMILES string of the molecule is O=C(CCl)Nc1sc(Cl)cc1C(=O)c1ccccc1F. The fourth-order valence-corrected chi connectivity index (χ4v) is 2.78. The van der Waals surface area contributed by atoms with E-state index in [1.807, 2.05) is 0 Å². The molecule has 0 bridgehead atoms. The Morgan fingerprint density at radius 1 is 1.25 bits per heavy atom. The summed E-state index contributed by atoms with van der Waals surface area (Å²) >= 11 is 12.3. The third kappa shape index (κ3) is 3.17. The van der Waals surface area contributed by atoms with E-state index in [0.717, 1.165) is 11.3 Å². The van der Waals surface area contributed by atoms with Gasteiger partial charge in [0.2, 0.25) is 5.91 Å². The molecule has 0 aliphatic heterocycles. The first-order valence-corrected chi connectivity index (χ1v) is 7.20. The topological polar surface area (TPSA) is 46.2 Å². The molecule has 0 saturated carbocycles. The van der Waals surface area contributed by atoms with Gasteiger partial charge in [-0.05, 0) is 18.2 Å². The molecule has 0 aliphatic rings. The van der Waals surface area contributed by atoms with Crippen LogP contribution in [0.25, 0.3) is 0 Å². The van der Waals surface area contributed by atoms with Gasteiger partial charge in [0.1, 0.15) is 16.7 Å². The number of anilines is 1. The minimum absolute atomic E-state index is 0.0802. The van der Waals surface area contributed by atoms with Crippen molar-refractivity contribution in [1.29, 1.82) is 0 Å². The van der Waals surface area contributed by atoms with Crippen LogP contribution >= 0.6 is 34.5 Å². The average molecular weight is 332 g/mol. The molecule has 1 amide bonds. The number of ketones is 1. The van der Waals surface area contributed by atoms with Gasteiger partial charge in [-0.1, -0.05) is 23.7 Å². The first kappa shape index (κ1) is 15.0. The average Bonchev–Trinajstić information content (AvgIpc) is 2.79. The molecule has 0 spiro atoms. The molecule has 7 heteroatoms. The summed E-state index contributed by atoms with van der Waals surface area (Å²) in [5.74, 6) is -1.89. The first-order chi connectivity index (χ1) is 9.52. The van der Waals surface area contributed by atoms with Crippen LogP contribution < -0.4 is 5.32 Å². The van der Waals surface area contributed by atoms with E-state index < -0.39 is 17.5 Å². The predicted octanol–water partition coefficient (Wildman–Crippen LogP) is 3.95. The summed E-state index contributed by atoms with van der Waals surface area (Å²) in [6.07, 6.45) is 0. The van der Waals surface area contributed by atoms with E-state index in [9.17, 15) is 14.0 Å². The fraction of sp³-hybridized carbons (Fsp3) is 0.0769. The van der Waals surface area contributed by atoms with E-state index >= 15 is 0 Å². The number of rotatable bonds is 4. The Morgan fingerprint density at radius 3 is 2.60 bits per heavy atom. The van der Waals surface area contributed by atoms with Crippen molar-refractivity contribution in [3.8, 4) is 0 Å². The molecular weight excluding hydrogens is 324 g/mol. The van der Waals surface area contributed by atoms with Gasteiger partial charge in [0.15, 0.2) is 5.78 Å². The van der Waals surface area contributed by atoms with Crippen LogP contribution in [0.4, 0.5) is 9.39 Å². The minimum Gasteiger partial charge on any atom is -0.316 e. The van der Waals surface area contributed by atoms with Crippen LogP contribution in [0.5, 0.6) is 0 Å². The summed E-state index contributed by atoms with van der Waals surface area (Å²) < 4.78 is 13.9. The number of alkyl halides is 1. The Hall–Kier alpha value is -1.43. The van der Waals surface area contributed by atoms with E-state index in [2.05, 4.69) is 5.32 Å². The van der Waals surface area contributed by atoms with Crippen LogP contribution in [0.3, 0.4) is 0 Å². The van der Waals surface area contributed by atoms with Crippen LogP contribution in [0.15, 0.2) is 30.3 Å². The molecule has 0 radical (unpaired) electrons. The Bertz CT molecular complexity index is 672. The predicted molar refractivity (Wildman–Crippen MR) is 78.5 cm³/mol. The fourth-order valence-electron chi connectivity index (χ4n) is 1.57. The second kappa shape index (κ2) is 6.35. The molecule has 0 fully saturated rings. The van der Waals surface area contributed by atoms with Crippen molar-refractivity contribution in [1.82, 2.24) is 0 Å². The molecular formula is C13H8Cl2FNO2S. The Balaban J connectivity index is 2.40. The number of halogens is 3.